The monoisotopic (exact) mass is 505 g/mol. The van der Waals surface area contributed by atoms with Crippen molar-refractivity contribution in [3.63, 3.8) is 0 Å². The number of imide groups is 1. The molecule has 4 rings (SSSR count). The van der Waals surface area contributed by atoms with Crippen LogP contribution < -0.4 is 9.47 Å². The third-order valence-corrected chi connectivity index (χ3v) is 6.66. The van der Waals surface area contributed by atoms with Crippen LogP contribution in [0.15, 0.2) is 46.6 Å². The second-order valence-corrected chi connectivity index (χ2v) is 8.51. The maximum Gasteiger partial charge on any atom is 0.333 e. The molecule has 2 aromatic rings. The average molecular weight is 506 g/mol. The molecule has 3 unspecified atom stereocenters. The molecule has 0 spiro atoms. The van der Waals surface area contributed by atoms with E-state index in [-0.39, 0.29) is 23.2 Å². The molecule has 1 saturated heterocycles. The maximum absolute atomic E-state index is 13.8. The van der Waals surface area contributed by atoms with Gasteiger partial charge in [0.1, 0.15) is 17.4 Å². The molecule has 34 heavy (non-hydrogen) atoms. The highest BCUT2D eigenvalue weighted by Gasteiger charge is 2.68. The highest BCUT2D eigenvalue weighted by Crippen LogP contribution is 2.51. The molecule has 9 nitrogen and oxygen atoms in total. The van der Waals surface area contributed by atoms with Crippen molar-refractivity contribution in [2.45, 2.75) is 25.0 Å². The lowest BCUT2D eigenvalue weighted by Gasteiger charge is -2.23. The molecule has 2 amide bonds. The number of rotatable bonds is 7. The minimum Gasteiger partial charge on any atom is -0.497 e. The van der Waals surface area contributed by atoms with Crippen LogP contribution in [0.5, 0.6) is 11.5 Å². The fourth-order valence-electron chi connectivity index (χ4n) is 4.28. The Morgan fingerprint density at radius 1 is 1.09 bits per heavy atom. The zero-order valence-corrected chi connectivity index (χ0v) is 20.1. The smallest absolute Gasteiger partial charge is 0.333 e. The molecule has 1 fully saturated rings. The number of carbonyl (C=O) groups is 3. The molecule has 11 heteroatoms. The number of fused-ring (bicyclic) bond motifs is 1. The van der Waals surface area contributed by atoms with E-state index >= 15 is 0 Å². The summed E-state index contributed by atoms with van der Waals surface area (Å²) in [5.74, 6) is -2.20. The van der Waals surface area contributed by atoms with Gasteiger partial charge in [0.25, 0.3) is 5.91 Å². The largest absolute Gasteiger partial charge is 0.497 e. The van der Waals surface area contributed by atoms with Crippen molar-refractivity contribution < 1.29 is 28.6 Å². The minimum absolute atomic E-state index is 0.0895. The number of hydrogen-bond acceptors (Lipinski definition) is 8. The van der Waals surface area contributed by atoms with Crippen molar-refractivity contribution in [2.75, 3.05) is 20.8 Å². The van der Waals surface area contributed by atoms with Crippen LogP contribution in [-0.2, 0) is 31.2 Å². The van der Waals surface area contributed by atoms with Crippen LogP contribution in [0.25, 0.3) is 0 Å². The second kappa shape index (κ2) is 9.23. The van der Waals surface area contributed by atoms with E-state index in [1.54, 1.807) is 31.2 Å². The van der Waals surface area contributed by atoms with E-state index in [1.165, 1.54) is 26.4 Å². The second-order valence-electron chi connectivity index (χ2n) is 7.69. The number of azo groups is 1. The number of likely N-dealkylation sites (tertiary alicyclic amines) is 1. The van der Waals surface area contributed by atoms with E-state index in [1.807, 2.05) is 0 Å². The number of carbonyl (C=O) groups excluding carboxylic acids is 3. The summed E-state index contributed by atoms with van der Waals surface area (Å²) >= 11 is 12.3. The molecular formula is C23H21Cl2N3O6. The van der Waals surface area contributed by atoms with Gasteiger partial charge in [0, 0.05) is 11.6 Å². The number of nitrogens with zero attached hydrogens (tertiary/aromatic N) is 3. The number of halogens is 2. The van der Waals surface area contributed by atoms with Crippen LogP contribution in [0.3, 0.4) is 0 Å². The third kappa shape index (κ3) is 3.69. The van der Waals surface area contributed by atoms with Gasteiger partial charge in [0.05, 0.1) is 37.4 Å². The Kier molecular flexibility index (Phi) is 6.51. The molecule has 3 atom stereocenters. The number of ether oxygens (including phenoxy) is 3. The van der Waals surface area contributed by atoms with Gasteiger partial charge in [-0.25, -0.2) is 4.79 Å². The van der Waals surface area contributed by atoms with Gasteiger partial charge in [0.2, 0.25) is 5.91 Å². The van der Waals surface area contributed by atoms with Gasteiger partial charge >= 0.3 is 5.97 Å². The summed E-state index contributed by atoms with van der Waals surface area (Å²) in [6.45, 7) is 1.63. The number of hydrogen-bond donors (Lipinski definition) is 0. The Morgan fingerprint density at radius 2 is 1.85 bits per heavy atom. The topological polar surface area (TPSA) is 107 Å². The van der Waals surface area contributed by atoms with E-state index in [0.717, 1.165) is 4.90 Å². The summed E-state index contributed by atoms with van der Waals surface area (Å²) in [7, 11) is 2.99. The quantitative estimate of drug-likeness (QED) is 0.418. The minimum atomic E-state index is -1.76. The Morgan fingerprint density at radius 3 is 2.50 bits per heavy atom. The summed E-state index contributed by atoms with van der Waals surface area (Å²) in [6, 6.07) is 8.29. The van der Waals surface area contributed by atoms with Gasteiger partial charge in [-0.2, -0.15) is 10.2 Å². The molecule has 0 aromatic heterocycles. The summed E-state index contributed by atoms with van der Waals surface area (Å²) < 4.78 is 15.7. The molecule has 0 saturated carbocycles. The molecule has 2 aliphatic heterocycles. The molecular weight excluding hydrogens is 485 g/mol. The van der Waals surface area contributed by atoms with Gasteiger partial charge in [-0.3, -0.25) is 14.5 Å². The van der Waals surface area contributed by atoms with E-state index in [4.69, 9.17) is 37.4 Å². The molecule has 178 valence electrons. The number of esters is 1. The van der Waals surface area contributed by atoms with Crippen molar-refractivity contribution in [3.05, 3.63) is 57.6 Å². The van der Waals surface area contributed by atoms with Crippen LogP contribution >= 0.6 is 23.2 Å². The standard InChI is InChI=1S/C23H21Cl2N3O6/c1-4-34-21(30)19-18-20(29)28(11-12-5-7-14(32-2)10-17(12)33-3)22(31)23(18,27-26-19)13-6-8-15(24)16(25)9-13/h5-10,18-19H,4,11H2,1-3H3. The van der Waals surface area contributed by atoms with E-state index in [9.17, 15) is 14.4 Å². The maximum atomic E-state index is 13.8. The first-order chi connectivity index (χ1) is 16.3. The predicted octanol–water partition coefficient (Wildman–Crippen LogP) is 3.79. The van der Waals surface area contributed by atoms with Crippen LogP contribution in [-0.4, -0.2) is 49.6 Å². The van der Waals surface area contributed by atoms with Crippen LogP contribution in [0.4, 0.5) is 0 Å². The Balaban J connectivity index is 1.80. The van der Waals surface area contributed by atoms with Gasteiger partial charge in [-0.05, 0) is 36.8 Å². The van der Waals surface area contributed by atoms with Crippen molar-refractivity contribution in [1.82, 2.24) is 4.90 Å². The number of methoxy groups -OCH3 is 2. The Hall–Kier alpha value is -3.17. The molecule has 0 aliphatic carbocycles. The van der Waals surface area contributed by atoms with Crippen LogP contribution in [0.1, 0.15) is 18.1 Å². The fraction of sp³-hybridized carbons (Fsp3) is 0.348. The van der Waals surface area contributed by atoms with Crippen LogP contribution in [0.2, 0.25) is 10.0 Å². The molecule has 2 heterocycles. The molecule has 0 radical (unpaired) electrons. The fourth-order valence-corrected chi connectivity index (χ4v) is 4.58. The highest BCUT2D eigenvalue weighted by molar-refractivity contribution is 6.42. The first kappa shape index (κ1) is 24.0. The van der Waals surface area contributed by atoms with Crippen molar-refractivity contribution in [2.24, 2.45) is 16.1 Å². The number of amides is 2. The lowest BCUT2D eigenvalue weighted by atomic mass is 9.78. The van der Waals surface area contributed by atoms with E-state index in [2.05, 4.69) is 10.2 Å². The SMILES string of the molecule is CCOC(=O)C1N=NC2(c3ccc(Cl)c(Cl)c3)C(=O)N(Cc3ccc(OC)cc3OC)C(=O)C12. The highest BCUT2D eigenvalue weighted by atomic mass is 35.5. The molecule has 0 bridgehead atoms. The summed E-state index contributed by atoms with van der Waals surface area (Å²) in [4.78, 5) is 41.1. The van der Waals surface area contributed by atoms with Crippen LogP contribution in [0, 0.1) is 5.92 Å². The lowest BCUT2D eigenvalue weighted by Crippen LogP contribution is -2.41. The molecule has 2 aromatic carbocycles. The zero-order chi connectivity index (χ0) is 24.6. The van der Waals surface area contributed by atoms with Crippen molar-refractivity contribution >= 4 is 41.0 Å². The molecule has 2 aliphatic rings. The summed E-state index contributed by atoms with van der Waals surface area (Å²) in [6.07, 6.45) is 0. The Labute approximate surface area is 205 Å². The summed E-state index contributed by atoms with van der Waals surface area (Å²) in [5, 5.41) is 8.66. The Bertz CT molecular complexity index is 1200. The van der Waals surface area contributed by atoms with Crippen molar-refractivity contribution in [1.29, 1.82) is 0 Å². The third-order valence-electron chi connectivity index (χ3n) is 5.92. The molecule has 0 N–H and O–H groups in total. The van der Waals surface area contributed by atoms with Gasteiger partial charge in [-0.15, -0.1) is 0 Å². The van der Waals surface area contributed by atoms with Gasteiger partial charge in [-0.1, -0.05) is 29.3 Å². The normalized spacial score (nSPS) is 23.3. The van der Waals surface area contributed by atoms with E-state index < -0.39 is 35.3 Å². The van der Waals surface area contributed by atoms with Gasteiger partial charge < -0.3 is 14.2 Å². The lowest BCUT2D eigenvalue weighted by molar-refractivity contribution is -0.149. The van der Waals surface area contributed by atoms with Gasteiger partial charge in [0.15, 0.2) is 11.6 Å². The first-order valence-electron chi connectivity index (χ1n) is 10.4. The number of benzene rings is 2. The summed E-state index contributed by atoms with van der Waals surface area (Å²) in [5.41, 5.74) is -0.883. The average Bonchev–Trinajstić information content (AvgIpc) is 3.33. The van der Waals surface area contributed by atoms with E-state index in [0.29, 0.717) is 22.6 Å². The zero-order valence-electron chi connectivity index (χ0n) is 18.6. The van der Waals surface area contributed by atoms with Crippen molar-refractivity contribution in [3.8, 4) is 11.5 Å². The predicted molar refractivity (Wildman–Crippen MR) is 122 cm³/mol. The first-order valence-corrected chi connectivity index (χ1v) is 11.1.